The smallest absolute Gasteiger partial charge is 0.0223 e. The average molecular weight is 269 g/mol. The molecule has 1 aliphatic carbocycles. The van der Waals surface area contributed by atoms with Gasteiger partial charge >= 0.3 is 0 Å². The van der Waals surface area contributed by atoms with Gasteiger partial charge in [-0.3, -0.25) is 4.90 Å². The van der Waals surface area contributed by atoms with Crippen molar-refractivity contribution in [3.8, 4) is 0 Å². The molecule has 3 heteroatoms. The molecule has 1 saturated carbocycles. The van der Waals surface area contributed by atoms with Gasteiger partial charge in [0, 0.05) is 25.2 Å². The van der Waals surface area contributed by atoms with Gasteiger partial charge in [0.1, 0.15) is 0 Å². The third-order valence-corrected chi connectivity index (χ3v) is 4.53. The maximum Gasteiger partial charge on any atom is 0.0223 e. The minimum absolute atomic E-state index is 0.641. The number of nitrogens with one attached hydrogen (secondary N) is 1. The van der Waals surface area contributed by atoms with Gasteiger partial charge in [0.15, 0.2) is 0 Å². The average Bonchev–Trinajstić information content (AvgIpc) is 2.87. The largest absolute Gasteiger partial charge is 0.313 e. The maximum absolute atomic E-state index is 3.74. The molecule has 0 bridgehead atoms. The van der Waals surface area contributed by atoms with E-state index in [4.69, 9.17) is 0 Å². The third kappa shape index (κ3) is 5.80. The first-order valence-electron chi connectivity index (χ1n) is 8.20. The van der Waals surface area contributed by atoms with Gasteiger partial charge in [-0.15, -0.1) is 0 Å². The summed E-state index contributed by atoms with van der Waals surface area (Å²) in [6.07, 6.45) is 5.73. The van der Waals surface area contributed by atoms with Crippen molar-refractivity contribution >= 4 is 0 Å². The zero-order chi connectivity index (χ0) is 14.3. The topological polar surface area (TPSA) is 18.5 Å². The number of rotatable bonds is 9. The summed E-state index contributed by atoms with van der Waals surface area (Å²) in [7, 11) is 4.34. The Hall–Kier alpha value is -0.120. The van der Waals surface area contributed by atoms with Gasteiger partial charge < -0.3 is 10.2 Å². The summed E-state index contributed by atoms with van der Waals surface area (Å²) in [5.41, 5.74) is 0. The third-order valence-electron chi connectivity index (χ3n) is 4.53. The van der Waals surface area contributed by atoms with Crippen molar-refractivity contribution in [1.82, 2.24) is 15.1 Å². The first kappa shape index (κ1) is 16.9. The van der Waals surface area contributed by atoms with Crippen molar-refractivity contribution in [1.29, 1.82) is 0 Å². The highest BCUT2D eigenvalue weighted by atomic mass is 15.2. The van der Waals surface area contributed by atoms with E-state index < -0.39 is 0 Å². The summed E-state index contributed by atoms with van der Waals surface area (Å²) in [6, 6.07) is 1.33. The number of likely N-dealkylation sites (N-methyl/N-ethyl adjacent to an activating group) is 3. The van der Waals surface area contributed by atoms with Crippen LogP contribution in [-0.4, -0.2) is 62.2 Å². The molecule has 0 saturated heterocycles. The molecule has 2 atom stereocenters. The fourth-order valence-electron chi connectivity index (χ4n) is 3.52. The van der Waals surface area contributed by atoms with E-state index in [-0.39, 0.29) is 0 Å². The summed E-state index contributed by atoms with van der Waals surface area (Å²) in [5.74, 6) is 0.903. The molecule has 0 aromatic carbocycles. The van der Waals surface area contributed by atoms with Gasteiger partial charge in [0.2, 0.25) is 0 Å². The molecular weight excluding hydrogens is 234 g/mol. The van der Waals surface area contributed by atoms with Gasteiger partial charge in [-0.05, 0) is 52.9 Å². The van der Waals surface area contributed by atoms with Crippen molar-refractivity contribution in [2.75, 3.05) is 40.3 Å². The van der Waals surface area contributed by atoms with Crippen LogP contribution in [0.4, 0.5) is 0 Å². The van der Waals surface area contributed by atoms with E-state index in [0.29, 0.717) is 12.1 Å². The van der Waals surface area contributed by atoms with Crippen molar-refractivity contribution in [2.45, 2.75) is 58.5 Å². The van der Waals surface area contributed by atoms with E-state index in [2.05, 4.69) is 50.0 Å². The molecule has 0 radical (unpaired) electrons. The van der Waals surface area contributed by atoms with Crippen LogP contribution in [0.1, 0.15) is 46.5 Å². The number of hydrogen-bond donors (Lipinski definition) is 1. The summed E-state index contributed by atoms with van der Waals surface area (Å²) < 4.78 is 0. The summed E-state index contributed by atoms with van der Waals surface area (Å²) in [5, 5.41) is 3.74. The van der Waals surface area contributed by atoms with Crippen LogP contribution >= 0.6 is 0 Å². The van der Waals surface area contributed by atoms with E-state index >= 15 is 0 Å². The summed E-state index contributed by atoms with van der Waals surface area (Å²) >= 11 is 0. The molecule has 0 aromatic heterocycles. The molecule has 0 spiro atoms. The Balaban J connectivity index is 2.53. The minimum atomic E-state index is 0.641. The van der Waals surface area contributed by atoms with Crippen molar-refractivity contribution in [3.63, 3.8) is 0 Å². The zero-order valence-electron chi connectivity index (χ0n) is 13.8. The van der Waals surface area contributed by atoms with Crippen LogP contribution in [0.15, 0.2) is 0 Å². The van der Waals surface area contributed by atoms with Crippen LogP contribution in [0.25, 0.3) is 0 Å². The van der Waals surface area contributed by atoms with Crippen LogP contribution in [0.3, 0.4) is 0 Å². The molecule has 0 amide bonds. The predicted molar refractivity (Wildman–Crippen MR) is 84.7 cm³/mol. The highest BCUT2D eigenvalue weighted by molar-refractivity contribution is 4.84. The molecule has 3 nitrogen and oxygen atoms in total. The van der Waals surface area contributed by atoms with Crippen LogP contribution in [0.2, 0.25) is 0 Å². The monoisotopic (exact) mass is 269 g/mol. The fourth-order valence-corrected chi connectivity index (χ4v) is 3.52. The fraction of sp³-hybridized carbons (Fsp3) is 1.00. The molecule has 0 aliphatic heterocycles. The van der Waals surface area contributed by atoms with Crippen molar-refractivity contribution in [2.24, 2.45) is 5.92 Å². The van der Waals surface area contributed by atoms with Crippen molar-refractivity contribution < 1.29 is 0 Å². The Labute approximate surface area is 120 Å². The van der Waals surface area contributed by atoms with Gasteiger partial charge in [-0.1, -0.05) is 26.7 Å². The van der Waals surface area contributed by atoms with Crippen LogP contribution in [0, 0.1) is 5.92 Å². The van der Waals surface area contributed by atoms with Crippen LogP contribution < -0.4 is 5.32 Å². The lowest BCUT2D eigenvalue weighted by Crippen LogP contribution is -2.49. The van der Waals surface area contributed by atoms with E-state index in [1.54, 1.807) is 0 Å². The highest BCUT2D eigenvalue weighted by Crippen LogP contribution is 2.28. The summed E-state index contributed by atoms with van der Waals surface area (Å²) in [6.45, 7) is 11.5. The second kappa shape index (κ2) is 8.93. The second-order valence-corrected chi connectivity index (χ2v) is 6.41. The van der Waals surface area contributed by atoms with Crippen LogP contribution in [-0.2, 0) is 0 Å². The molecule has 0 heterocycles. The molecule has 1 aliphatic rings. The SMILES string of the molecule is CCNC(CN(CC)C(C)CN(C)C)C1CCCC1. The van der Waals surface area contributed by atoms with E-state index in [1.165, 1.54) is 32.2 Å². The maximum atomic E-state index is 3.74. The zero-order valence-corrected chi connectivity index (χ0v) is 13.8. The predicted octanol–water partition coefficient (Wildman–Crippen LogP) is 2.43. The quantitative estimate of drug-likeness (QED) is 0.693. The molecule has 1 N–H and O–H groups in total. The Kier molecular flexibility index (Phi) is 7.96. The lowest BCUT2D eigenvalue weighted by molar-refractivity contribution is 0.149. The standard InChI is InChI=1S/C16H35N3/c1-6-17-16(15-10-8-9-11-15)13-19(7-2)14(3)12-18(4)5/h14-17H,6-13H2,1-5H3. The van der Waals surface area contributed by atoms with E-state index in [1.807, 2.05) is 0 Å². The van der Waals surface area contributed by atoms with Gasteiger partial charge in [-0.25, -0.2) is 0 Å². The van der Waals surface area contributed by atoms with Crippen molar-refractivity contribution in [3.05, 3.63) is 0 Å². The lowest BCUT2D eigenvalue weighted by atomic mass is 9.97. The molecular formula is C16H35N3. The van der Waals surface area contributed by atoms with Gasteiger partial charge in [-0.2, -0.15) is 0 Å². The minimum Gasteiger partial charge on any atom is -0.313 e. The van der Waals surface area contributed by atoms with Gasteiger partial charge in [0.25, 0.3) is 0 Å². The highest BCUT2D eigenvalue weighted by Gasteiger charge is 2.27. The first-order chi connectivity index (χ1) is 9.08. The van der Waals surface area contributed by atoms with Crippen LogP contribution in [0.5, 0.6) is 0 Å². The second-order valence-electron chi connectivity index (χ2n) is 6.41. The molecule has 19 heavy (non-hydrogen) atoms. The number of hydrogen-bond acceptors (Lipinski definition) is 3. The van der Waals surface area contributed by atoms with Gasteiger partial charge in [0.05, 0.1) is 0 Å². The molecule has 114 valence electrons. The Bertz CT molecular complexity index is 224. The Morgan fingerprint density at radius 1 is 1.11 bits per heavy atom. The molecule has 1 fully saturated rings. The Morgan fingerprint density at radius 3 is 2.21 bits per heavy atom. The van der Waals surface area contributed by atoms with E-state index in [0.717, 1.165) is 25.6 Å². The number of nitrogens with zero attached hydrogens (tertiary/aromatic N) is 2. The Morgan fingerprint density at radius 2 is 1.74 bits per heavy atom. The molecule has 2 unspecified atom stereocenters. The summed E-state index contributed by atoms with van der Waals surface area (Å²) in [4.78, 5) is 4.94. The van der Waals surface area contributed by atoms with E-state index in [9.17, 15) is 0 Å². The molecule has 1 rings (SSSR count). The normalized spacial score (nSPS) is 20.4. The molecule has 0 aromatic rings. The lowest BCUT2D eigenvalue weighted by Gasteiger charge is -2.35. The first-order valence-corrected chi connectivity index (χ1v) is 8.20.